The number of nitrogens with one attached hydrogen (secondary N) is 2. The molecule has 3 heterocycles. The SMILES string of the molecule is CNC(=O)c1c(NC(=O)c2cc([C@@H]3OC[C@@H](O)[C@H]3O)oc2C)cnn1C. The lowest BCUT2D eigenvalue weighted by molar-refractivity contribution is 0.0117. The van der Waals surface area contributed by atoms with E-state index in [1.165, 1.54) is 24.0 Å². The highest BCUT2D eigenvalue weighted by atomic mass is 16.5. The van der Waals surface area contributed by atoms with E-state index >= 15 is 0 Å². The Morgan fingerprint density at radius 3 is 2.69 bits per heavy atom. The van der Waals surface area contributed by atoms with E-state index in [2.05, 4.69) is 15.7 Å². The number of nitrogens with zero attached hydrogens (tertiary/aromatic N) is 2. The summed E-state index contributed by atoms with van der Waals surface area (Å²) in [5.41, 5.74) is 0.690. The number of carbonyl (C=O) groups is 2. The number of aromatic nitrogens is 2. The number of amides is 2. The number of aliphatic hydroxyl groups is 2. The summed E-state index contributed by atoms with van der Waals surface area (Å²) in [7, 11) is 3.07. The Balaban J connectivity index is 1.83. The maximum atomic E-state index is 12.6. The summed E-state index contributed by atoms with van der Waals surface area (Å²) >= 11 is 0. The van der Waals surface area contributed by atoms with Gasteiger partial charge in [-0.3, -0.25) is 14.3 Å². The van der Waals surface area contributed by atoms with Crippen molar-refractivity contribution in [3.8, 4) is 0 Å². The van der Waals surface area contributed by atoms with Crippen LogP contribution < -0.4 is 10.6 Å². The number of anilines is 1. The molecule has 2 aromatic rings. The second-order valence-electron chi connectivity index (χ2n) is 5.99. The van der Waals surface area contributed by atoms with Crippen molar-refractivity contribution in [1.29, 1.82) is 0 Å². The molecule has 10 heteroatoms. The molecule has 1 fully saturated rings. The zero-order valence-electron chi connectivity index (χ0n) is 14.5. The summed E-state index contributed by atoms with van der Waals surface area (Å²) in [5, 5.41) is 28.6. The fourth-order valence-electron chi connectivity index (χ4n) is 2.83. The Kier molecular flexibility index (Phi) is 4.81. The van der Waals surface area contributed by atoms with Crippen LogP contribution in [0.5, 0.6) is 0 Å². The Hall–Kier alpha value is -2.69. The molecule has 140 valence electrons. The fraction of sp³-hybridized carbons (Fsp3) is 0.438. The molecule has 10 nitrogen and oxygen atoms in total. The summed E-state index contributed by atoms with van der Waals surface area (Å²) in [5.74, 6) is -0.320. The van der Waals surface area contributed by atoms with Gasteiger partial charge in [0, 0.05) is 14.1 Å². The zero-order chi connectivity index (χ0) is 19.0. The molecule has 2 aromatic heterocycles. The third kappa shape index (κ3) is 3.09. The second-order valence-corrected chi connectivity index (χ2v) is 5.99. The van der Waals surface area contributed by atoms with Crippen molar-refractivity contribution in [2.75, 3.05) is 19.0 Å². The molecule has 2 amide bonds. The molecule has 0 aromatic carbocycles. The van der Waals surface area contributed by atoms with Crippen molar-refractivity contribution in [2.24, 2.45) is 7.05 Å². The molecular weight excluding hydrogens is 344 g/mol. The van der Waals surface area contributed by atoms with E-state index in [0.717, 1.165) is 0 Å². The summed E-state index contributed by atoms with van der Waals surface area (Å²) in [6.45, 7) is 1.58. The van der Waals surface area contributed by atoms with Crippen LogP contribution in [-0.4, -0.2) is 57.7 Å². The molecule has 3 rings (SSSR count). The van der Waals surface area contributed by atoms with Gasteiger partial charge in [0.1, 0.15) is 35.5 Å². The van der Waals surface area contributed by atoms with E-state index in [9.17, 15) is 19.8 Å². The Labute approximate surface area is 148 Å². The highest BCUT2D eigenvalue weighted by molar-refractivity contribution is 6.08. The molecule has 0 bridgehead atoms. The minimum absolute atomic E-state index is 0.0156. The van der Waals surface area contributed by atoms with Crippen LogP contribution in [0.2, 0.25) is 0 Å². The lowest BCUT2D eigenvalue weighted by atomic mass is 10.1. The highest BCUT2D eigenvalue weighted by Gasteiger charge is 2.38. The predicted molar refractivity (Wildman–Crippen MR) is 88.7 cm³/mol. The minimum atomic E-state index is -1.13. The van der Waals surface area contributed by atoms with Crippen molar-refractivity contribution in [1.82, 2.24) is 15.1 Å². The molecule has 0 aliphatic carbocycles. The van der Waals surface area contributed by atoms with E-state index < -0.39 is 24.2 Å². The van der Waals surface area contributed by atoms with Crippen LogP contribution in [0.25, 0.3) is 0 Å². The number of hydrogen-bond donors (Lipinski definition) is 4. The van der Waals surface area contributed by atoms with Crippen LogP contribution in [0.4, 0.5) is 5.69 Å². The van der Waals surface area contributed by atoms with Crippen molar-refractivity contribution in [2.45, 2.75) is 25.2 Å². The van der Waals surface area contributed by atoms with E-state index in [-0.39, 0.29) is 35.2 Å². The summed E-state index contributed by atoms with van der Waals surface area (Å²) in [4.78, 5) is 24.5. The van der Waals surface area contributed by atoms with Gasteiger partial charge in [0.25, 0.3) is 11.8 Å². The van der Waals surface area contributed by atoms with Crippen LogP contribution >= 0.6 is 0 Å². The number of aryl methyl sites for hydroxylation is 2. The highest BCUT2D eigenvalue weighted by Crippen LogP contribution is 2.32. The fourth-order valence-corrected chi connectivity index (χ4v) is 2.83. The monoisotopic (exact) mass is 364 g/mol. The lowest BCUT2D eigenvalue weighted by Crippen LogP contribution is -2.25. The van der Waals surface area contributed by atoms with Gasteiger partial charge < -0.3 is 30.0 Å². The van der Waals surface area contributed by atoms with E-state index in [1.54, 1.807) is 14.0 Å². The van der Waals surface area contributed by atoms with Crippen molar-refractivity contribution < 1.29 is 29.0 Å². The molecule has 0 spiro atoms. The smallest absolute Gasteiger partial charge is 0.271 e. The first-order chi connectivity index (χ1) is 12.3. The number of rotatable bonds is 4. The van der Waals surface area contributed by atoms with E-state index in [1.807, 2.05) is 0 Å². The first-order valence-corrected chi connectivity index (χ1v) is 7.97. The van der Waals surface area contributed by atoms with Crippen molar-refractivity contribution in [3.05, 3.63) is 35.0 Å². The molecule has 4 N–H and O–H groups in total. The van der Waals surface area contributed by atoms with Gasteiger partial charge in [0.05, 0.1) is 24.1 Å². The molecule has 1 aliphatic heterocycles. The third-order valence-corrected chi connectivity index (χ3v) is 4.24. The standard InChI is InChI=1S/C16H20N4O6/c1-7-8(4-11(26-7)14-13(22)10(21)6-25-14)15(23)19-9-5-18-20(3)12(9)16(24)17-2/h4-5,10,13-14,21-22H,6H2,1-3H3,(H,17,24)(H,19,23)/t10-,13-,14+/m1/s1. The number of ether oxygens (including phenoxy) is 1. The maximum Gasteiger partial charge on any atom is 0.271 e. The van der Waals surface area contributed by atoms with Gasteiger partial charge in [-0.2, -0.15) is 5.10 Å². The lowest BCUT2D eigenvalue weighted by Gasteiger charge is -2.11. The second kappa shape index (κ2) is 6.90. The normalized spacial score (nSPS) is 22.4. The van der Waals surface area contributed by atoms with Crippen LogP contribution in [-0.2, 0) is 11.8 Å². The zero-order valence-corrected chi connectivity index (χ0v) is 14.5. The number of carbonyl (C=O) groups excluding carboxylic acids is 2. The van der Waals surface area contributed by atoms with Crippen LogP contribution in [0.15, 0.2) is 16.7 Å². The average Bonchev–Trinajstić information content (AvgIpc) is 3.26. The van der Waals surface area contributed by atoms with Gasteiger partial charge in [-0.25, -0.2) is 0 Å². The minimum Gasteiger partial charge on any atom is -0.463 e. The molecule has 1 saturated heterocycles. The third-order valence-electron chi connectivity index (χ3n) is 4.24. The van der Waals surface area contributed by atoms with Gasteiger partial charge in [-0.1, -0.05) is 0 Å². The average molecular weight is 364 g/mol. The van der Waals surface area contributed by atoms with Crippen LogP contribution in [0.3, 0.4) is 0 Å². The van der Waals surface area contributed by atoms with Crippen molar-refractivity contribution in [3.63, 3.8) is 0 Å². The van der Waals surface area contributed by atoms with E-state index in [0.29, 0.717) is 5.76 Å². The largest absolute Gasteiger partial charge is 0.463 e. The van der Waals surface area contributed by atoms with Gasteiger partial charge in [0.2, 0.25) is 0 Å². The summed E-state index contributed by atoms with van der Waals surface area (Å²) in [6.07, 6.45) is -1.60. The topological polar surface area (TPSA) is 139 Å². The first kappa shape index (κ1) is 18.1. The molecule has 0 radical (unpaired) electrons. The molecular formula is C16H20N4O6. The maximum absolute atomic E-state index is 12.6. The predicted octanol–water partition coefficient (Wildman–Crippen LogP) is -0.273. The molecule has 26 heavy (non-hydrogen) atoms. The van der Waals surface area contributed by atoms with Crippen LogP contribution in [0.1, 0.15) is 38.5 Å². The number of aliphatic hydroxyl groups excluding tert-OH is 2. The number of furan rings is 1. The summed E-state index contributed by atoms with van der Waals surface area (Å²) < 4.78 is 12.2. The Morgan fingerprint density at radius 1 is 1.35 bits per heavy atom. The molecule has 0 saturated carbocycles. The van der Waals surface area contributed by atoms with E-state index in [4.69, 9.17) is 9.15 Å². The summed E-state index contributed by atoms with van der Waals surface area (Å²) in [6, 6.07) is 1.45. The van der Waals surface area contributed by atoms with Crippen molar-refractivity contribution >= 4 is 17.5 Å². The van der Waals surface area contributed by atoms with Gasteiger partial charge in [-0.15, -0.1) is 0 Å². The van der Waals surface area contributed by atoms with Gasteiger partial charge in [-0.05, 0) is 13.0 Å². The van der Waals surface area contributed by atoms with Crippen LogP contribution in [0, 0.1) is 6.92 Å². The Bertz CT molecular complexity index is 842. The van der Waals surface area contributed by atoms with Gasteiger partial charge in [0.15, 0.2) is 0 Å². The first-order valence-electron chi connectivity index (χ1n) is 7.97. The Morgan fingerprint density at radius 2 is 2.08 bits per heavy atom. The molecule has 0 unspecified atom stereocenters. The number of hydrogen-bond acceptors (Lipinski definition) is 7. The molecule has 3 atom stereocenters. The van der Waals surface area contributed by atoms with Gasteiger partial charge >= 0.3 is 0 Å². The molecule has 1 aliphatic rings. The quantitative estimate of drug-likeness (QED) is 0.585.